The van der Waals surface area contributed by atoms with Gasteiger partial charge in [0.15, 0.2) is 0 Å². The van der Waals surface area contributed by atoms with Crippen molar-refractivity contribution in [1.82, 2.24) is 10.0 Å². The molecule has 20 heavy (non-hydrogen) atoms. The molecule has 1 aromatic carbocycles. The molecule has 0 aliphatic heterocycles. The average Bonchev–Trinajstić information content (AvgIpc) is 3.28. The lowest BCUT2D eigenvalue weighted by atomic mass is 10.3. The van der Waals surface area contributed by atoms with E-state index in [1.165, 1.54) is 6.07 Å². The van der Waals surface area contributed by atoms with Crippen LogP contribution >= 0.6 is 0 Å². The Morgan fingerprint density at radius 2 is 1.95 bits per heavy atom. The molecule has 0 aromatic heterocycles. The molecule has 2 rings (SSSR count). The maximum absolute atomic E-state index is 12.1. The third-order valence-electron chi connectivity index (χ3n) is 3.11. The molecule has 1 fully saturated rings. The number of hydrogen-bond acceptors (Lipinski definition) is 4. The number of para-hydroxylation sites is 1. The lowest BCUT2D eigenvalue weighted by molar-refractivity contribution is -0.122. The molecular weight excluding hydrogens is 278 g/mol. The number of hydrogen-bond donors (Lipinski definition) is 3. The Bertz CT molecular complexity index is 582. The molecule has 1 saturated carbocycles. The molecule has 0 unspecified atom stereocenters. The van der Waals surface area contributed by atoms with Gasteiger partial charge in [-0.15, -0.1) is 0 Å². The van der Waals surface area contributed by atoms with Gasteiger partial charge in [-0.2, -0.15) is 0 Å². The largest absolute Gasteiger partial charge is 0.387 e. The second-order valence-corrected chi connectivity index (χ2v) is 6.44. The van der Waals surface area contributed by atoms with Gasteiger partial charge in [-0.25, -0.2) is 13.1 Å². The fourth-order valence-corrected chi connectivity index (χ4v) is 3.09. The molecule has 0 heterocycles. The summed E-state index contributed by atoms with van der Waals surface area (Å²) >= 11 is 0. The Balaban J connectivity index is 1.88. The zero-order chi connectivity index (χ0) is 14.6. The Kier molecular flexibility index (Phi) is 4.61. The number of carbonyl (C=O) groups is 1. The molecule has 7 heteroatoms. The van der Waals surface area contributed by atoms with Crippen molar-refractivity contribution in [2.75, 3.05) is 25.5 Å². The van der Waals surface area contributed by atoms with Crippen LogP contribution in [0.2, 0.25) is 0 Å². The van der Waals surface area contributed by atoms with Crippen molar-refractivity contribution in [3.05, 3.63) is 24.3 Å². The molecule has 110 valence electrons. The van der Waals surface area contributed by atoms with Gasteiger partial charge in [0.1, 0.15) is 4.90 Å². The Hall–Kier alpha value is -1.60. The van der Waals surface area contributed by atoms with Gasteiger partial charge in [0.05, 0.1) is 5.69 Å². The number of benzene rings is 1. The number of sulfonamides is 1. The summed E-state index contributed by atoms with van der Waals surface area (Å²) in [5.74, 6) is 0.149. The molecule has 1 aliphatic carbocycles. The van der Waals surface area contributed by atoms with Crippen LogP contribution in [-0.4, -0.2) is 34.5 Å². The van der Waals surface area contributed by atoms with Crippen LogP contribution in [0.1, 0.15) is 12.8 Å². The highest BCUT2D eigenvalue weighted by atomic mass is 32.2. The first-order chi connectivity index (χ1) is 9.54. The maximum atomic E-state index is 12.1. The third-order valence-corrected chi connectivity index (χ3v) is 4.63. The minimum Gasteiger partial charge on any atom is -0.387 e. The second-order valence-electron chi connectivity index (χ2n) is 4.71. The number of rotatable bonds is 7. The highest BCUT2D eigenvalue weighted by Gasteiger charge is 2.29. The van der Waals surface area contributed by atoms with Gasteiger partial charge < -0.3 is 10.6 Å². The summed E-state index contributed by atoms with van der Waals surface area (Å²) in [6, 6.07) is 6.67. The summed E-state index contributed by atoms with van der Waals surface area (Å²) < 4.78 is 26.8. The topological polar surface area (TPSA) is 87.3 Å². The van der Waals surface area contributed by atoms with E-state index in [1.54, 1.807) is 25.2 Å². The molecule has 0 radical (unpaired) electrons. The van der Waals surface area contributed by atoms with E-state index in [0.717, 1.165) is 12.8 Å². The predicted molar refractivity (Wildman–Crippen MR) is 76.9 cm³/mol. The summed E-state index contributed by atoms with van der Waals surface area (Å²) in [7, 11) is -1.90. The minimum absolute atomic E-state index is 0.0137. The van der Waals surface area contributed by atoms with Crippen molar-refractivity contribution in [2.45, 2.75) is 17.7 Å². The van der Waals surface area contributed by atoms with Crippen LogP contribution in [0.25, 0.3) is 0 Å². The monoisotopic (exact) mass is 297 g/mol. The summed E-state index contributed by atoms with van der Waals surface area (Å²) in [6.45, 7) is 0.481. The van der Waals surface area contributed by atoms with Crippen LogP contribution in [-0.2, 0) is 14.8 Å². The zero-order valence-electron chi connectivity index (χ0n) is 11.3. The summed E-state index contributed by atoms with van der Waals surface area (Å²) in [5, 5.41) is 5.56. The van der Waals surface area contributed by atoms with Crippen molar-refractivity contribution in [2.24, 2.45) is 5.92 Å². The van der Waals surface area contributed by atoms with Gasteiger partial charge in [-0.1, -0.05) is 12.1 Å². The van der Waals surface area contributed by atoms with Crippen molar-refractivity contribution in [1.29, 1.82) is 0 Å². The van der Waals surface area contributed by atoms with Gasteiger partial charge in [0.25, 0.3) is 0 Å². The Morgan fingerprint density at radius 3 is 2.60 bits per heavy atom. The number of amides is 1. The van der Waals surface area contributed by atoms with Crippen molar-refractivity contribution < 1.29 is 13.2 Å². The minimum atomic E-state index is -3.57. The van der Waals surface area contributed by atoms with Gasteiger partial charge in [-0.05, 0) is 25.0 Å². The van der Waals surface area contributed by atoms with Crippen molar-refractivity contribution in [3.8, 4) is 0 Å². The van der Waals surface area contributed by atoms with E-state index in [9.17, 15) is 13.2 Å². The lowest BCUT2D eigenvalue weighted by Crippen LogP contribution is -2.35. The fourth-order valence-electron chi connectivity index (χ4n) is 1.85. The quantitative estimate of drug-likeness (QED) is 0.641. The SMILES string of the molecule is CNc1ccccc1S(=O)(=O)NCCNC(=O)C1CC1. The summed E-state index contributed by atoms with van der Waals surface area (Å²) in [4.78, 5) is 11.6. The second kappa shape index (κ2) is 6.23. The molecule has 6 nitrogen and oxygen atoms in total. The van der Waals surface area contributed by atoms with Crippen LogP contribution in [0.3, 0.4) is 0 Å². The molecule has 0 saturated heterocycles. The standard InChI is InChI=1S/C13H19N3O3S/c1-14-11-4-2-3-5-12(11)20(18,19)16-9-8-15-13(17)10-6-7-10/h2-5,10,14,16H,6-9H2,1H3,(H,15,17). The third kappa shape index (κ3) is 3.71. The lowest BCUT2D eigenvalue weighted by Gasteiger charge is -2.11. The van der Waals surface area contributed by atoms with Gasteiger partial charge >= 0.3 is 0 Å². The molecule has 1 aliphatic rings. The van der Waals surface area contributed by atoms with Gasteiger partial charge in [0.2, 0.25) is 15.9 Å². The first-order valence-corrected chi connectivity index (χ1v) is 8.07. The van der Waals surface area contributed by atoms with Gasteiger partial charge in [-0.3, -0.25) is 4.79 Å². The average molecular weight is 297 g/mol. The highest BCUT2D eigenvalue weighted by molar-refractivity contribution is 7.89. The molecule has 0 bridgehead atoms. The number of nitrogens with one attached hydrogen (secondary N) is 3. The normalized spacial score (nSPS) is 14.8. The van der Waals surface area contributed by atoms with Crippen LogP contribution < -0.4 is 15.4 Å². The van der Waals surface area contributed by atoms with E-state index >= 15 is 0 Å². The van der Waals surface area contributed by atoms with Crippen LogP contribution in [0.5, 0.6) is 0 Å². The van der Waals surface area contributed by atoms with Crippen LogP contribution in [0.4, 0.5) is 5.69 Å². The van der Waals surface area contributed by atoms with E-state index in [2.05, 4.69) is 15.4 Å². The summed E-state index contributed by atoms with van der Waals surface area (Å²) in [5.41, 5.74) is 0.544. The molecule has 0 spiro atoms. The van der Waals surface area contributed by atoms with E-state index in [-0.39, 0.29) is 23.3 Å². The molecular formula is C13H19N3O3S. The van der Waals surface area contributed by atoms with Crippen molar-refractivity contribution >= 4 is 21.6 Å². The predicted octanol–water partition coefficient (Wildman–Crippen LogP) is 0.533. The number of anilines is 1. The zero-order valence-corrected chi connectivity index (χ0v) is 12.2. The Labute approximate surface area is 119 Å². The van der Waals surface area contributed by atoms with Crippen LogP contribution in [0.15, 0.2) is 29.2 Å². The molecule has 1 aromatic rings. The molecule has 0 atom stereocenters. The van der Waals surface area contributed by atoms with E-state index in [4.69, 9.17) is 0 Å². The van der Waals surface area contributed by atoms with E-state index < -0.39 is 10.0 Å². The van der Waals surface area contributed by atoms with Gasteiger partial charge in [0, 0.05) is 26.1 Å². The Morgan fingerprint density at radius 1 is 1.25 bits per heavy atom. The maximum Gasteiger partial charge on any atom is 0.242 e. The van der Waals surface area contributed by atoms with Crippen molar-refractivity contribution in [3.63, 3.8) is 0 Å². The van der Waals surface area contributed by atoms with E-state index in [0.29, 0.717) is 12.2 Å². The number of carbonyl (C=O) groups excluding carboxylic acids is 1. The molecule has 3 N–H and O–H groups in total. The van der Waals surface area contributed by atoms with E-state index in [1.807, 2.05) is 0 Å². The summed E-state index contributed by atoms with van der Waals surface area (Å²) in [6.07, 6.45) is 1.88. The first-order valence-electron chi connectivity index (χ1n) is 6.59. The molecule has 1 amide bonds. The smallest absolute Gasteiger partial charge is 0.242 e. The fraction of sp³-hybridized carbons (Fsp3) is 0.462. The van der Waals surface area contributed by atoms with Crippen LogP contribution in [0, 0.1) is 5.92 Å². The highest BCUT2D eigenvalue weighted by Crippen LogP contribution is 2.28. The first kappa shape index (κ1) is 14.8.